The summed E-state index contributed by atoms with van der Waals surface area (Å²) >= 11 is 0. The molecule has 5 nitrogen and oxygen atoms in total. The number of carbonyl (C=O) groups excluding carboxylic acids is 1. The molecule has 16 heavy (non-hydrogen) atoms. The summed E-state index contributed by atoms with van der Waals surface area (Å²) in [4.78, 5) is 20.5. The molecule has 1 aromatic rings. The monoisotopic (exact) mass is 223 g/mol. The minimum Gasteiger partial charge on any atom is -0.497 e. The molecule has 0 aliphatic carbocycles. The molecule has 86 valence electrons. The normalized spacial score (nSPS) is 11.8. The van der Waals surface area contributed by atoms with Gasteiger partial charge in [0.1, 0.15) is 12.0 Å². The Hall–Kier alpha value is -1.91. The second kappa shape index (κ2) is 5.85. The third-order valence-electron chi connectivity index (χ3n) is 2.32. The number of hydrogen-bond donors (Lipinski definition) is 0. The van der Waals surface area contributed by atoms with Crippen molar-refractivity contribution in [3.63, 3.8) is 0 Å². The number of nitro groups is 1. The van der Waals surface area contributed by atoms with Crippen LogP contribution in [0.5, 0.6) is 5.75 Å². The van der Waals surface area contributed by atoms with Crippen molar-refractivity contribution in [1.82, 2.24) is 0 Å². The van der Waals surface area contributed by atoms with Crippen molar-refractivity contribution in [2.24, 2.45) is 0 Å². The molecule has 1 aromatic carbocycles. The van der Waals surface area contributed by atoms with Gasteiger partial charge in [0.2, 0.25) is 6.54 Å². The third-order valence-corrected chi connectivity index (χ3v) is 2.32. The van der Waals surface area contributed by atoms with Crippen LogP contribution in [0.2, 0.25) is 0 Å². The first kappa shape index (κ1) is 12.2. The molecule has 0 N–H and O–H groups in total. The van der Waals surface area contributed by atoms with E-state index in [9.17, 15) is 14.9 Å². The SMILES string of the molecule is COc1cccc([C@H](CC=O)C[N+](=O)[O-])c1. The Balaban J connectivity index is 2.90. The summed E-state index contributed by atoms with van der Waals surface area (Å²) < 4.78 is 5.03. The van der Waals surface area contributed by atoms with E-state index in [2.05, 4.69) is 0 Å². The Morgan fingerprint density at radius 1 is 1.56 bits per heavy atom. The minimum atomic E-state index is -0.409. The molecule has 0 unspecified atom stereocenters. The molecule has 0 fully saturated rings. The molecule has 0 saturated carbocycles. The van der Waals surface area contributed by atoms with Gasteiger partial charge in [-0.25, -0.2) is 0 Å². The van der Waals surface area contributed by atoms with Crippen LogP contribution in [0.25, 0.3) is 0 Å². The number of benzene rings is 1. The molecular formula is C11H13NO4. The molecule has 0 saturated heterocycles. The first-order chi connectivity index (χ1) is 7.67. The van der Waals surface area contributed by atoms with Gasteiger partial charge in [0.05, 0.1) is 13.0 Å². The van der Waals surface area contributed by atoms with E-state index >= 15 is 0 Å². The molecule has 0 heterocycles. The predicted molar refractivity (Wildman–Crippen MR) is 58.3 cm³/mol. The Bertz CT molecular complexity index is 378. The van der Waals surface area contributed by atoms with Crippen molar-refractivity contribution in [3.8, 4) is 5.75 Å². The van der Waals surface area contributed by atoms with Gasteiger partial charge in [-0.2, -0.15) is 0 Å². The van der Waals surface area contributed by atoms with E-state index < -0.39 is 4.92 Å². The average Bonchev–Trinajstić information content (AvgIpc) is 2.28. The zero-order valence-corrected chi connectivity index (χ0v) is 8.96. The second-order valence-electron chi connectivity index (χ2n) is 3.39. The van der Waals surface area contributed by atoms with Crippen LogP contribution in [-0.4, -0.2) is 24.9 Å². The van der Waals surface area contributed by atoms with Gasteiger partial charge in [-0.3, -0.25) is 10.1 Å². The summed E-state index contributed by atoms with van der Waals surface area (Å²) in [7, 11) is 1.53. The quantitative estimate of drug-likeness (QED) is 0.417. The van der Waals surface area contributed by atoms with Crippen molar-refractivity contribution in [2.45, 2.75) is 12.3 Å². The summed E-state index contributed by atoms with van der Waals surface area (Å²) in [6.07, 6.45) is 0.849. The van der Waals surface area contributed by atoms with Gasteiger partial charge >= 0.3 is 0 Å². The van der Waals surface area contributed by atoms with E-state index in [0.29, 0.717) is 12.0 Å². The number of nitrogens with zero attached hydrogens (tertiary/aromatic N) is 1. The van der Waals surface area contributed by atoms with Crippen LogP contribution in [0.3, 0.4) is 0 Å². The van der Waals surface area contributed by atoms with E-state index in [1.165, 1.54) is 7.11 Å². The van der Waals surface area contributed by atoms with E-state index in [-0.39, 0.29) is 18.9 Å². The van der Waals surface area contributed by atoms with Crippen molar-refractivity contribution in [1.29, 1.82) is 0 Å². The summed E-state index contributed by atoms with van der Waals surface area (Å²) in [5.41, 5.74) is 0.753. The van der Waals surface area contributed by atoms with E-state index in [4.69, 9.17) is 4.74 Å². The molecule has 5 heteroatoms. The Morgan fingerprint density at radius 2 is 2.31 bits per heavy atom. The van der Waals surface area contributed by atoms with Gasteiger partial charge < -0.3 is 9.53 Å². The summed E-state index contributed by atoms with van der Waals surface area (Å²) in [6, 6.07) is 7.00. The summed E-state index contributed by atoms with van der Waals surface area (Å²) in [5, 5.41) is 10.5. The van der Waals surface area contributed by atoms with Crippen LogP contribution in [0.1, 0.15) is 17.9 Å². The van der Waals surface area contributed by atoms with Crippen molar-refractivity contribution < 1.29 is 14.5 Å². The van der Waals surface area contributed by atoms with Gasteiger partial charge in [0.25, 0.3) is 0 Å². The van der Waals surface area contributed by atoms with Crippen molar-refractivity contribution in [3.05, 3.63) is 39.9 Å². The molecule has 0 aromatic heterocycles. The zero-order chi connectivity index (χ0) is 12.0. The van der Waals surface area contributed by atoms with Crippen LogP contribution in [0, 0.1) is 10.1 Å². The highest BCUT2D eigenvalue weighted by atomic mass is 16.6. The highest BCUT2D eigenvalue weighted by molar-refractivity contribution is 5.52. The molecular weight excluding hydrogens is 210 g/mol. The highest BCUT2D eigenvalue weighted by Crippen LogP contribution is 2.23. The topological polar surface area (TPSA) is 69.4 Å². The first-order valence-corrected chi connectivity index (χ1v) is 4.86. The van der Waals surface area contributed by atoms with Gasteiger partial charge in [0, 0.05) is 11.3 Å². The molecule has 1 atom stereocenters. The number of aldehydes is 1. The third kappa shape index (κ3) is 3.34. The average molecular weight is 223 g/mol. The fourth-order valence-corrected chi connectivity index (χ4v) is 1.51. The minimum absolute atomic E-state index is 0.147. The zero-order valence-electron chi connectivity index (χ0n) is 8.96. The maximum Gasteiger partial charge on any atom is 0.211 e. The lowest BCUT2D eigenvalue weighted by Gasteiger charge is -2.11. The molecule has 1 rings (SSSR count). The molecule has 0 amide bonds. The number of hydrogen-bond acceptors (Lipinski definition) is 4. The van der Waals surface area contributed by atoms with Gasteiger partial charge in [-0.15, -0.1) is 0 Å². The lowest BCUT2D eigenvalue weighted by atomic mass is 9.96. The highest BCUT2D eigenvalue weighted by Gasteiger charge is 2.17. The van der Waals surface area contributed by atoms with E-state index in [1.54, 1.807) is 24.3 Å². The Morgan fingerprint density at radius 3 is 2.88 bits per heavy atom. The van der Waals surface area contributed by atoms with Gasteiger partial charge in [-0.1, -0.05) is 12.1 Å². The van der Waals surface area contributed by atoms with Crippen molar-refractivity contribution in [2.75, 3.05) is 13.7 Å². The molecule has 0 bridgehead atoms. The Labute approximate surface area is 93.2 Å². The van der Waals surface area contributed by atoms with Crippen LogP contribution in [0.4, 0.5) is 0 Å². The lowest BCUT2D eigenvalue weighted by molar-refractivity contribution is -0.483. The summed E-state index contributed by atoms with van der Waals surface area (Å²) in [6.45, 7) is -0.244. The van der Waals surface area contributed by atoms with Crippen LogP contribution in [0.15, 0.2) is 24.3 Å². The summed E-state index contributed by atoms with van der Waals surface area (Å²) in [5.74, 6) is 0.249. The van der Waals surface area contributed by atoms with E-state index in [0.717, 1.165) is 5.56 Å². The van der Waals surface area contributed by atoms with Gasteiger partial charge in [-0.05, 0) is 17.7 Å². The van der Waals surface area contributed by atoms with Gasteiger partial charge in [0.15, 0.2) is 0 Å². The number of ether oxygens (including phenoxy) is 1. The Kier molecular flexibility index (Phi) is 4.44. The lowest BCUT2D eigenvalue weighted by Crippen LogP contribution is -2.13. The first-order valence-electron chi connectivity index (χ1n) is 4.86. The van der Waals surface area contributed by atoms with Crippen LogP contribution >= 0.6 is 0 Å². The van der Waals surface area contributed by atoms with E-state index in [1.807, 2.05) is 0 Å². The molecule has 0 aliphatic rings. The maximum atomic E-state index is 10.5. The largest absolute Gasteiger partial charge is 0.497 e. The maximum absolute atomic E-state index is 10.5. The fraction of sp³-hybridized carbons (Fsp3) is 0.364. The second-order valence-corrected chi connectivity index (χ2v) is 3.39. The standard InChI is InChI=1S/C11H13NO4/c1-16-11-4-2-3-9(7-11)10(5-6-13)8-12(14)15/h2-4,6-7,10H,5,8H2,1H3/t10-/m1/s1. The number of rotatable bonds is 6. The van der Waals surface area contributed by atoms with Crippen molar-refractivity contribution >= 4 is 6.29 Å². The molecule has 0 spiro atoms. The predicted octanol–water partition coefficient (Wildman–Crippen LogP) is 1.64. The van der Waals surface area contributed by atoms with Crippen LogP contribution in [-0.2, 0) is 4.79 Å². The smallest absolute Gasteiger partial charge is 0.211 e. The number of methoxy groups -OCH3 is 1. The number of carbonyl (C=O) groups is 1. The molecule has 0 aliphatic heterocycles. The molecule has 0 radical (unpaired) electrons. The van der Waals surface area contributed by atoms with Crippen LogP contribution < -0.4 is 4.74 Å². The fourth-order valence-electron chi connectivity index (χ4n) is 1.51.